The van der Waals surface area contributed by atoms with Crippen molar-refractivity contribution in [3.63, 3.8) is 0 Å². The first-order valence-electron chi connectivity index (χ1n) is 0. The zero-order valence-electron chi connectivity index (χ0n) is 4.78. The molecular weight excluding hydrogens is 243 g/mol. The summed E-state index contributed by atoms with van der Waals surface area (Å²) in [6, 6.07) is 0. The second kappa shape index (κ2) is 89.0. The van der Waals surface area contributed by atoms with E-state index in [-0.39, 0.29) is 121 Å². The molecule has 0 saturated heterocycles. The average molecular weight is 261 g/mol. The SMILES string of the molecule is O.O.O.[AlH3].[AlH3].[H-].[H-].[Mg+2].[SiH4].[Y]. The maximum atomic E-state index is 0. The van der Waals surface area contributed by atoms with Crippen LogP contribution in [-0.2, 0) is 32.7 Å². The molecular formula is H18Al2MgO3SiY. The molecule has 1 radical (unpaired) electrons. The van der Waals surface area contributed by atoms with Gasteiger partial charge in [0.2, 0.25) is 0 Å². The Morgan fingerprint density at radius 2 is 0.750 bits per heavy atom. The largest absolute Gasteiger partial charge is 2.00 e. The van der Waals surface area contributed by atoms with Crippen LogP contribution in [0, 0.1) is 0 Å². The molecule has 0 fully saturated rings. The van der Waals surface area contributed by atoms with Gasteiger partial charge in [-0.3, -0.25) is 0 Å². The van der Waals surface area contributed by atoms with Crippen LogP contribution in [0.5, 0.6) is 0 Å². The van der Waals surface area contributed by atoms with Crippen molar-refractivity contribution in [2.75, 3.05) is 0 Å². The summed E-state index contributed by atoms with van der Waals surface area (Å²) in [7, 11) is 0. The second-order valence-corrected chi connectivity index (χ2v) is 0. The van der Waals surface area contributed by atoms with Crippen molar-refractivity contribution in [3.8, 4) is 0 Å². The van der Waals surface area contributed by atoms with E-state index in [1.54, 1.807) is 0 Å². The van der Waals surface area contributed by atoms with Crippen LogP contribution in [0.15, 0.2) is 0 Å². The molecule has 51 valence electrons. The normalized spacial score (nSPS) is 0. The minimum atomic E-state index is 0. The standard InChI is InChI=1S/2Al.Mg.3H2O.H4Si.Y.8H/h;;;3*1H2;1H4;;;;;;;;;/q;;+2;;;;;;;;;;;;2*-1. The topological polar surface area (TPSA) is 94.5 Å². The van der Waals surface area contributed by atoms with Gasteiger partial charge in [0.05, 0.1) is 0 Å². The van der Waals surface area contributed by atoms with Crippen molar-refractivity contribution in [1.82, 2.24) is 0 Å². The van der Waals surface area contributed by atoms with E-state index in [4.69, 9.17) is 0 Å². The van der Waals surface area contributed by atoms with E-state index in [1.165, 1.54) is 0 Å². The van der Waals surface area contributed by atoms with Crippen LogP contribution in [0.1, 0.15) is 2.85 Å². The molecule has 3 nitrogen and oxygen atoms in total. The van der Waals surface area contributed by atoms with Gasteiger partial charge in [-0.05, 0) is 11.0 Å². The van der Waals surface area contributed by atoms with E-state index >= 15 is 0 Å². The fraction of sp³-hybridized carbons (Fsp3) is 0. The van der Waals surface area contributed by atoms with Crippen LogP contribution in [0.2, 0.25) is 0 Å². The van der Waals surface area contributed by atoms with Crippen molar-refractivity contribution in [3.05, 3.63) is 0 Å². The van der Waals surface area contributed by atoms with Gasteiger partial charge in [-0.1, -0.05) is 0 Å². The van der Waals surface area contributed by atoms with Gasteiger partial charge in [-0.15, -0.1) is 0 Å². The third-order valence-corrected chi connectivity index (χ3v) is 0. The summed E-state index contributed by atoms with van der Waals surface area (Å²) >= 11 is 0. The Morgan fingerprint density at radius 3 is 0.750 bits per heavy atom. The minimum absolute atomic E-state index is 0. The monoisotopic (exact) mass is 261 g/mol. The summed E-state index contributed by atoms with van der Waals surface area (Å²) in [4.78, 5) is 0. The quantitative estimate of drug-likeness (QED) is 0.388. The second-order valence-electron chi connectivity index (χ2n) is 0. The first-order chi connectivity index (χ1) is 0. The summed E-state index contributed by atoms with van der Waals surface area (Å²) < 4.78 is 0. The minimum Gasteiger partial charge on any atom is -1.00 e. The van der Waals surface area contributed by atoms with E-state index in [1.807, 2.05) is 0 Å². The van der Waals surface area contributed by atoms with Crippen molar-refractivity contribution in [2.45, 2.75) is 0 Å². The Hall–Kier alpha value is 3.03. The van der Waals surface area contributed by atoms with Crippen molar-refractivity contribution in [2.24, 2.45) is 0 Å². The molecule has 0 aliphatic rings. The van der Waals surface area contributed by atoms with Gasteiger partial charge in [-0.25, -0.2) is 0 Å². The van der Waals surface area contributed by atoms with Crippen LogP contribution >= 0.6 is 0 Å². The smallest absolute Gasteiger partial charge is 1.00 e. The van der Waals surface area contributed by atoms with Crippen LogP contribution < -0.4 is 0 Å². The predicted molar refractivity (Wildman–Crippen MR) is 50.0 cm³/mol. The summed E-state index contributed by atoms with van der Waals surface area (Å²) in [6.45, 7) is 0. The molecule has 6 N–H and O–H groups in total. The molecule has 0 amide bonds. The average Bonchev–Trinajstić information content (AvgIpc) is 0. The molecule has 0 unspecified atom stereocenters. The maximum Gasteiger partial charge on any atom is 2.00 e. The molecule has 8 heteroatoms. The van der Waals surface area contributed by atoms with Crippen LogP contribution in [-0.4, -0.2) is 85.2 Å². The number of hydrogen-bond acceptors (Lipinski definition) is 0. The van der Waals surface area contributed by atoms with E-state index in [2.05, 4.69) is 0 Å². The Labute approximate surface area is 119 Å². The van der Waals surface area contributed by atoms with Crippen LogP contribution in [0.25, 0.3) is 0 Å². The molecule has 0 aromatic heterocycles. The van der Waals surface area contributed by atoms with Crippen molar-refractivity contribution >= 4 is 68.7 Å². The molecule has 0 spiro atoms. The number of hydrogen-bond donors (Lipinski definition) is 0. The van der Waals surface area contributed by atoms with E-state index in [9.17, 15) is 0 Å². The summed E-state index contributed by atoms with van der Waals surface area (Å²) in [5, 5.41) is 0. The van der Waals surface area contributed by atoms with Gasteiger partial charge < -0.3 is 19.3 Å². The van der Waals surface area contributed by atoms with Crippen LogP contribution in [0.3, 0.4) is 0 Å². The molecule has 0 bridgehead atoms. The molecule has 0 saturated carbocycles. The van der Waals surface area contributed by atoms with Gasteiger partial charge in [0.25, 0.3) is 0 Å². The molecule has 0 atom stereocenters. The zero-order chi connectivity index (χ0) is 0. The van der Waals surface area contributed by atoms with Gasteiger partial charge in [0, 0.05) is 32.7 Å². The van der Waals surface area contributed by atoms with Gasteiger partial charge in [0.1, 0.15) is 0 Å². The first kappa shape index (κ1) is 121. The molecule has 0 rings (SSSR count). The molecule has 0 aromatic rings. The molecule has 0 aliphatic carbocycles. The van der Waals surface area contributed by atoms with Gasteiger partial charge >= 0.3 is 23.1 Å². The first-order valence-corrected chi connectivity index (χ1v) is 0. The van der Waals surface area contributed by atoms with Crippen molar-refractivity contribution in [1.29, 1.82) is 0 Å². The Morgan fingerprint density at radius 1 is 0.750 bits per heavy atom. The van der Waals surface area contributed by atoms with E-state index in [0.29, 0.717) is 0 Å². The Kier molecular flexibility index (Phi) is 1340. The predicted octanol–water partition coefficient (Wildman–Crippen LogP) is -6.45. The van der Waals surface area contributed by atoms with Crippen molar-refractivity contribution < 1.29 is 52.0 Å². The fourth-order valence-corrected chi connectivity index (χ4v) is 0. The fourth-order valence-electron chi connectivity index (χ4n) is 0. The number of rotatable bonds is 0. The third-order valence-electron chi connectivity index (χ3n) is 0. The van der Waals surface area contributed by atoms with E-state index < -0.39 is 0 Å². The third kappa shape index (κ3) is 63.4. The maximum absolute atomic E-state index is 0. The Bertz CT molecular complexity index is 24.5. The zero-order valence-corrected chi connectivity index (χ0v) is 7.04. The van der Waals surface area contributed by atoms with E-state index in [0.717, 1.165) is 0 Å². The molecule has 0 heterocycles. The van der Waals surface area contributed by atoms with Crippen LogP contribution in [0.4, 0.5) is 0 Å². The summed E-state index contributed by atoms with van der Waals surface area (Å²) in [5.41, 5.74) is 0. The molecule has 0 aliphatic heterocycles. The summed E-state index contributed by atoms with van der Waals surface area (Å²) in [5.74, 6) is 0. The van der Waals surface area contributed by atoms with Gasteiger partial charge in [-0.2, -0.15) is 0 Å². The van der Waals surface area contributed by atoms with Gasteiger partial charge in [0.15, 0.2) is 34.7 Å². The summed E-state index contributed by atoms with van der Waals surface area (Å²) in [6.07, 6.45) is 0. The molecule has 8 heavy (non-hydrogen) atoms. The molecule has 0 aromatic carbocycles. The Balaban J connectivity index is 0.